The van der Waals surface area contributed by atoms with Crippen LogP contribution in [0.15, 0.2) is 0 Å². The van der Waals surface area contributed by atoms with Crippen molar-refractivity contribution >= 4 is 11.9 Å². The molecule has 100 valence electrons. The van der Waals surface area contributed by atoms with E-state index in [0.717, 1.165) is 0 Å². The van der Waals surface area contributed by atoms with E-state index in [2.05, 4.69) is 0 Å². The van der Waals surface area contributed by atoms with Crippen molar-refractivity contribution in [3.8, 4) is 0 Å². The Kier molecular flexibility index (Phi) is 6.85. The molecule has 17 heavy (non-hydrogen) atoms. The van der Waals surface area contributed by atoms with E-state index in [1.807, 2.05) is 39.5 Å². The standard InChI is InChI=1S/C13H25NO3/c1-9(2)14(10(3)4)13(16)8-7-11(5)17-12(6)15/h9-11H,7-8H2,1-6H3/t11-/m1/s1. The quantitative estimate of drug-likeness (QED) is 0.673. The number of amides is 1. The molecule has 0 saturated heterocycles. The van der Waals surface area contributed by atoms with E-state index >= 15 is 0 Å². The van der Waals surface area contributed by atoms with Crippen LogP contribution in [0.4, 0.5) is 0 Å². The minimum atomic E-state index is -0.297. The number of esters is 1. The highest BCUT2D eigenvalue weighted by atomic mass is 16.5. The lowest BCUT2D eigenvalue weighted by Gasteiger charge is -2.31. The fraction of sp³-hybridized carbons (Fsp3) is 0.846. The minimum Gasteiger partial charge on any atom is -0.463 e. The highest BCUT2D eigenvalue weighted by Crippen LogP contribution is 2.11. The van der Waals surface area contributed by atoms with Crippen molar-refractivity contribution in [1.82, 2.24) is 4.90 Å². The van der Waals surface area contributed by atoms with Gasteiger partial charge in [0.05, 0.1) is 6.10 Å². The van der Waals surface area contributed by atoms with Gasteiger partial charge in [0, 0.05) is 25.4 Å². The van der Waals surface area contributed by atoms with Crippen molar-refractivity contribution < 1.29 is 14.3 Å². The lowest BCUT2D eigenvalue weighted by Crippen LogP contribution is -2.42. The molecule has 0 bridgehead atoms. The summed E-state index contributed by atoms with van der Waals surface area (Å²) in [5, 5.41) is 0. The zero-order valence-corrected chi connectivity index (χ0v) is 11.8. The van der Waals surface area contributed by atoms with Crippen LogP contribution in [0.1, 0.15) is 54.4 Å². The van der Waals surface area contributed by atoms with E-state index in [-0.39, 0.29) is 30.1 Å². The van der Waals surface area contributed by atoms with Gasteiger partial charge in [-0.05, 0) is 41.0 Å². The SMILES string of the molecule is CC(=O)O[C@H](C)CCC(=O)N(C(C)C)C(C)C. The van der Waals surface area contributed by atoms with Crippen molar-refractivity contribution in [2.75, 3.05) is 0 Å². The lowest BCUT2D eigenvalue weighted by atomic mass is 10.1. The third-order valence-electron chi connectivity index (χ3n) is 2.53. The number of carbonyl (C=O) groups is 2. The molecule has 0 spiro atoms. The molecule has 0 heterocycles. The Morgan fingerprint density at radius 2 is 1.53 bits per heavy atom. The van der Waals surface area contributed by atoms with Gasteiger partial charge in [-0.3, -0.25) is 9.59 Å². The van der Waals surface area contributed by atoms with E-state index < -0.39 is 0 Å². The summed E-state index contributed by atoms with van der Waals surface area (Å²) in [4.78, 5) is 24.6. The van der Waals surface area contributed by atoms with Crippen LogP contribution in [0.2, 0.25) is 0 Å². The largest absolute Gasteiger partial charge is 0.463 e. The number of carbonyl (C=O) groups excluding carboxylic acids is 2. The normalized spacial score (nSPS) is 12.7. The molecule has 0 aliphatic heterocycles. The molecule has 0 radical (unpaired) electrons. The summed E-state index contributed by atoms with van der Waals surface area (Å²) >= 11 is 0. The Morgan fingerprint density at radius 1 is 1.06 bits per heavy atom. The van der Waals surface area contributed by atoms with Gasteiger partial charge in [0.15, 0.2) is 0 Å². The highest BCUT2D eigenvalue weighted by molar-refractivity contribution is 5.76. The van der Waals surface area contributed by atoms with E-state index in [1.54, 1.807) is 0 Å². The van der Waals surface area contributed by atoms with Crippen molar-refractivity contribution in [2.24, 2.45) is 0 Å². The predicted molar refractivity (Wildman–Crippen MR) is 67.6 cm³/mol. The monoisotopic (exact) mass is 243 g/mol. The lowest BCUT2D eigenvalue weighted by molar-refractivity contribution is -0.147. The maximum absolute atomic E-state index is 12.0. The number of hydrogen-bond acceptors (Lipinski definition) is 3. The van der Waals surface area contributed by atoms with Crippen molar-refractivity contribution in [3.05, 3.63) is 0 Å². The van der Waals surface area contributed by atoms with Gasteiger partial charge in [-0.2, -0.15) is 0 Å². The molecule has 0 aliphatic carbocycles. The highest BCUT2D eigenvalue weighted by Gasteiger charge is 2.20. The fourth-order valence-corrected chi connectivity index (χ4v) is 1.97. The molecule has 1 atom stereocenters. The first-order valence-electron chi connectivity index (χ1n) is 6.24. The number of hydrogen-bond donors (Lipinski definition) is 0. The Hall–Kier alpha value is -1.06. The van der Waals surface area contributed by atoms with Gasteiger partial charge in [-0.25, -0.2) is 0 Å². The number of rotatable bonds is 6. The van der Waals surface area contributed by atoms with Crippen LogP contribution in [0.5, 0.6) is 0 Å². The second kappa shape index (κ2) is 7.30. The second-order valence-electron chi connectivity index (χ2n) is 4.95. The zero-order chi connectivity index (χ0) is 13.6. The zero-order valence-electron chi connectivity index (χ0n) is 11.8. The van der Waals surface area contributed by atoms with Gasteiger partial charge in [0.1, 0.15) is 0 Å². The topological polar surface area (TPSA) is 46.6 Å². The third-order valence-corrected chi connectivity index (χ3v) is 2.53. The van der Waals surface area contributed by atoms with Gasteiger partial charge < -0.3 is 9.64 Å². The summed E-state index contributed by atoms with van der Waals surface area (Å²) in [6, 6.07) is 0.401. The molecule has 1 amide bonds. The number of nitrogens with zero attached hydrogens (tertiary/aromatic N) is 1. The second-order valence-corrected chi connectivity index (χ2v) is 4.95. The molecule has 0 aromatic carbocycles. The molecule has 0 N–H and O–H groups in total. The van der Waals surface area contributed by atoms with Gasteiger partial charge in [0.2, 0.25) is 5.91 Å². The predicted octanol–water partition coefficient (Wildman–Crippen LogP) is 2.36. The Balaban J connectivity index is 4.19. The van der Waals surface area contributed by atoms with Gasteiger partial charge in [0.25, 0.3) is 0 Å². The molecule has 0 aliphatic rings. The van der Waals surface area contributed by atoms with Gasteiger partial charge in [-0.1, -0.05) is 0 Å². The summed E-state index contributed by atoms with van der Waals surface area (Å²) < 4.78 is 4.99. The van der Waals surface area contributed by atoms with Crippen LogP contribution in [0, 0.1) is 0 Å². The van der Waals surface area contributed by atoms with Crippen LogP contribution in [0.25, 0.3) is 0 Å². The van der Waals surface area contributed by atoms with Crippen LogP contribution in [-0.4, -0.2) is 35.0 Å². The van der Waals surface area contributed by atoms with Gasteiger partial charge >= 0.3 is 5.97 Å². The van der Waals surface area contributed by atoms with Gasteiger partial charge in [-0.15, -0.1) is 0 Å². The molecule has 0 fully saturated rings. The maximum Gasteiger partial charge on any atom is 0.302 e. The van der Waals surface area contributed by atoms with Crippen molar-refractivity contribution in [1.29, 1.82) is 0 Å². The summed E-state index contributed by atoms with van der Waals surface area (Å²) in [5.74, 6) is -0.177. The van der Waals surface area contributed by atoms with Crippen LogP contribution in [0.3, 0.4) is 0 Å². The average molecular weight is 243 g/mol. The number of ether oxygens (including phenoxy) is 1. The van der Waals surface area contributed by atoms with E-state index in [9.17, 15) is 9.59 Å². The first-order valence-corrected chi connectivity index (χ1v) is 6.24. The Morgan fingerprint density at radius 3 is 1.88 bits per heavy atom. The molecule has 0 aromatic heterocycles. The van der Waals surface area contributed by atoms with Crippen LogP contribution in [-0.2, 0) is 14.3 Å². The third kappa shape index (κ3) is 6.29. The minimum absolute atomic E-state index is 0.119. The molecule has 0 unspecified atom stereocenters. The maximum atomic E-state index is 12.0. The summed E-state index contributed by atoms with van der Waals surface area (Å²) in [7, 11) is 0. The first kappa shape index (κ1) is 15.9. The molecular formula is C13H25NO3. The summed E-state index contributed by atoms with van der Waals surface area (Å²) in [5.41, 5.74) is 0. The first-order chi connectivity index (χ1) is 7.75. The molecule has 4 nitrogen and oxygen atoms in total. The smallest absolute Gasteiger partial charge is 0.302 e. The summed E-state index contributed by atoms with van der Waals surface area (Å²) in [6.07, 6.45) is 0.803. The van der Waals surface area contributed by atoms with E-state index in [0.29, 0.717) is 12.8 Å². The van der Waals surface area contributed by atoms with Crippen molar-refractivity contribution in [2.45, 2.75) is 72.6 Å². The molecule has 4 heteroatoms. The molecule has 0 aromatic rings. The average Bonchev–Trinajstić information content (AvgIpc) is 2.12. The van der Waals surface area contributed by atoms with E-state index in [1.165, 1.54) is 6.92 Å². The Bertz CT molecular complexity index is 253. The summed E-state index contributed by atoms with van der Waals surface area (Å²) in [6.45, 7) is 11.2. The van der Waals surface area contributed by atoms with Crippen molar-refractivity contribution in [3.63, 3.8) is 0 Å². The van der Waals surface area contributed by atoms with Crippen LogP contribution < -0.4 is 0 Å². The molecular weight excluding hydrogens is 218 g/mol. The fourth-order valence-electron chi connectivity index (χ4n) is 1.97. The Labute approximate surface area is 104 Å². The van der Waals surface area contributed by atoms with E-state index in [4.69, 9.17) is 4.74 Å². The molecule has 0 rings (SSSR count). The molecule has 0 saturated carbocycles. The van der Waals surface area contributed by atoms with Crippen LogP contribution >= 0.6 is 0 Å².